The van der Waals surface area contributed by atoms with Crippen molar-refractivity contribution >= 4 is 17.8 Å². The molecule has 1 aromatic heterocycles. The Morgan fingerprint density at radius 2 is 1.92 bits per heavy atom. The average molecular weight is 373 g/mol. The molecule has 0 unspecified atom stereocenters. The van der Waals surface area contributed by atoms with E-state index >= 15 is 0 Å². The molecule has 142 valence electrons. The molecule has 0 spiro atoms. The van der Waals surface area contributed by atoms with Gasteiger partial charge in [-0.1, -0.05) is 0 Å². The van der Waals surface area contributed by atoms with E-state index in [0.29, 0.717) is 32.0 Å². The van der Waals surface area contributed by atoms with Crippen LogP contribution in [0.1, 0.15) is 18.4 Å². The number of urea groups is 1. The molecule has 4 N–H and O–H groups in total. The minimum Gasteiger partial charge on any atom is -0.335 e. The molecule has 0 bridgehead atoms. The maximum Gasteiger partial charge on any atom is 0.419 e. The molecule has 2 heterocycles. The highest BCUT2D eigenvalue weighted by molar-refractivity contribution is 5.94. The van der Waals surface area contributed by atoms with E-state index in [0.717, 1.165) is 30.0 Å². The number of carbonyl (C=O) groups excluding carboxylic acids is 2. The summed E-state index contributed by atoms with van der Waals surface area (Å²) in [6.07, 6.45) is -1.50. The number of H-pyrrole nitrogens is 1. The first-order chi connectivity index (χ1) is 12.3. The predicted molar refractivity (Wildman–Crippen MR) is 85.5 cm³/mol. The number of halogens is 3. The van der Waals surface area contributed by atoms with Crippen LogP contribution in [-0.2, 0) is 11.0 Å². The molecule has 0 radical (unpaired) electrons. The van der Waals surface area contributed by atoms with Crippen molar-refractivity contribution in [2.24, 2.45) is 0 Å². The van der Waals surface area contributed by atoms with Crippen LogP contribution < -0.4 is 25.4 Å². The number of anilines is 1. The number of piperazine rings is 1. The molecular weight excluding hydrogens is 351 g/mol. The van der Waals surface area contributed by atoms with Crippen LogP contribution in [0.2, 0.25) is 0 Å². The van der Waals surface area contributed by atoms with Gasteiger partial charge in [0.25, 0.3) is 11.7 Å². The fourth-order valence-corrected chi connectivity index (χ4v) is 2.88. The number of carbonyl (C=O) groups is 2. The number of quaternary nitrogens is 1. The lowest BCUT2D eigenvalue weighted by Gasteiger charge is -2.27. The second-order valence-corrected chi connectivity index (χ2v) is 6.67. The van der Waals surface area contributed by atoms with Gasteiger partial charge >= 0.3 is 12.2 Å². The highest BCUT2D eigenvalue weighted by atomic mass is 19.4. The summed E-state index contributed by atoms with van der Waals surface area (Å²) in [6.45, 7) is 2.74. The molecule has 26 heavy (non-hydrogen) atoms. The molecule has 1 aliphatic carbocycles. The lowest BCUT2D eigenvalue weighted by molar-refractivity contribution is -0.892. The number of alkyl halides is 3. The van der Waals surface area contributed by atoms with Gasteiger partial charge in [0, 0.05) is 12.1 Å². The Morgan fingerprint density at radius 3 is 2.46 bits per heavy atom. The van der Waals surface area contributed by atoms with Gasteiger partial charge in [0.05, 0.1) is 5.56 Å². The first-order valence-electron chi connectivity index (χ1n) is 8.59. The van der Waals surface area contributed by atoms with Gasteiger partial charge in [0.15, 0.2) is 6.54 Å². The van der Waals surface area contributed by atoms with Crippen LogP contribution in [0, 0.1) is 0 Å². The topological polar surface area (TPSA) is 80.0 Å². The van der Waals surface area contributed by atoms with Crippen molar-refractivity contribution in [2.75, 3.05) is 37.6 Å². The fourth-order valence-electron chi connectivity index (χ4n) is 2.88. The predicted octanol–water partition coefficient (Wildman–Crippen LogP) is -0.787. The Labute approximate surface area is 148 Å². The second-order valence-electron chi connectivity index (χ2n) is 6.67. The Hall–Kier alpha value is -2.36. The Balaban J connectivity index is 1.43. The van der Waals surface area contributed by atoms with Gasteiger partial charge in [-0.15, -0.1) is 0 Å². The van der Waals surface area contributed by atoms with Crippen molar-refractivity contribution in [3.8, 4) is 0 Å². The van der Waals surface area contributed by atoms with Gasteiger partial charge in [-0.3, -0.25) is 15.0 Å². The van der Waals surface area contributed by atoms with Crippen molar-refractivity contribution in [3.05, 3.63) is 23.9 Å². The smallest absolute Gasteiger partial charge is 0.335 e. The van der Waals surface area contributed by atoms with Gasteiger partial charge < -0.3 is 10.2 Å². The third-order valence-corrected chi connectivity index (χ3v) is 4.51. The minimum absolute atomic E-state index is 0.193. The average Bonchev–Trinajstić information content (AvgIpc) is 3.38. The molecule has 1 saturated heterocycles. The van der Waals surface area contributed by atoms with Gasteiger partial charge in [0.2, 0.25) is 0 Å². The number of rotatable bonds is 4. The lowest BCUT2D eigenvalue weighted by atomic mass is 10.2. The molecule has 0 atom stereocenters. The number of nitrogens with zero attached hydrogens (tertiary/aromatic N) is 1. The second kappa shape index (κ2) is 7.48. The molecule has 1 aromatic rings. The van der Waals surface area contributed by atoms with Crippen LogP contribution >= 0.6 is 0 Å². The van der Waals surface area contributed by atoms with Crippen LogP contribution in [0.4, 0.5) is 23.8 Å². The van der Waals surface area contributed by atoms with Crippen molar-refractivity contribution < 1.29 is 32.6 Å². The molecular formula is C16H22F3N5O2+2. The van der Waals surface area contributed by atoms with Gasteiger partial charge in [0.1, 0.15) is 32.4 Å². The quantitative estimate of drug-likeness (QED) is 0.647. The molecule has 2 fully saturated rings. The number of imide groups is 1. The van der Waals surface area contributed by atoms with Crippen LogP contribution in [0.5, 0.6) is 0 Å². The van der Waals surface area contributed by atoms with E-state index < -0.39 is 17.8 Å². The van der Waals surface area contributed by atoms with E-state index in [9.17, 15) is 22.8 Å². The number of pyridine rings is 1. The summed E-state index contributed by atoms with van der Waals surface area (Å²) in [6, 6.07) is 2.22. The number of aromatic amines is 1. The summed E-state index contributed by atoms with van der Waals surface area (Å²) < 4.78 is 37.8. The molecule has 2 aliphatic rings. The van der Waals surface area contributed by atoms with Crippen LogP contribution in [-0.4, -0.2) is 50.7 Å². The van der Waals surface area contributed by atoms with Gasteiger partial charge in [-0.25, -0.2) is 9.78 Å². The summed E-state index contributed by atoms with van der Waals surface area (Å²) in [5.74, 6) is 0.290. The summed E-state index contributed by atoms with van der Waals surface area (Å²) in [5.41, 5.74) is -0.716. The standard InChI is InChI=1S/C16H20F3N5O2/c17-16(18,19)11-1-4-13(20-9-11)24-7-5-23(6-8-24)10-14(25)22-15(26)21-12-2-3-12/h1,4,9,12H,2-3,5-8,10H2,(H2,21,22,25,26)/p+2. The molecule has 1 aliphatic heterocycles. The van der Waals surface area contributed by atoms with Crippen LogP contribution in [0.3, 0.4) is 0 Å². The largest absolute Gasteiger partial charge is 0.419 e. The SMILES string of the molecule is O=C(C[NH+]1CCN(c2ccc(C(F)(F)F)c[nH+]2)CC1)NC(=O)NC1CC1. The third kappa shape index (κ3) is 5.07. The molecule has 0 aromatic carbocycles. The number of aromatic nitrogens is 1. The molecule has 7 nitrogen and oxygen atoms in total. The zero-order valence-electron chi connectivity index (χ0n) is 14.2. The number of hydrogen-bond acceptors (Lipinski definition) is 3. The van der Waals surface area contributed by atoms with E-state index in [1.807, 2.05) is 4.90 Å². The van der Waals surface area contributed by atoms with Crippen molar-refractivity contribution in [3.63, 3.8) is 0 Å². The summed E-state index contributed by atoms with van der Waals surface area (Å²) in [7, 11) is 0. The van der Waals surface area contributed by atoms with E-state index in [1.165, 1.54) is 6.07 Å². The highest BCUT2D eigenvalue weighted by Crippen LogP contribution is 2.28. The molecule has 3 amide bonds. The lowest BCUT2D eigenvalue weighted by Crippen LogP contribution is -3.16. The van der Waals surface area contributed by atoms with Gasteiger partial charge in [-0.05, 0) is 18.9 Å². The summed E-state index contributed by atoms with van der Waals surface area (Å²) >= 11 is 0. The van der Waals surface area contributed by atoms with Crippen LogP contribution in [0.15, 0.2) is 18.3 Å². The normalized spacial score (nSPS) is 18.5. The van der Waals surface area contributed by atoms with E-state index in [-0.39, 0.29) is 18.5 Å². The van der Waals surface area contributed by atoms with E-state index in [2.05, 4.69) is 15.6 Å². The van der Waals surface area contributed by atoms with Crippen molar-refractivity contribution in [1.29, 1.82) is 0 Å². The monoisotopic (exact) mass is 373 g/mol. The zero-order valence-corrected chi connectivity index (χ0v) is 14.2. The first-order valence-corrected chi connectivity index (χ1v) is 8.59. The Morgan fingerprint density at radius 1 is 1.23 bits per heavy atom. The van der Waals surface area contributed by atoms with Gasteiger partial charge in [-0.2, -0.15) is 13.2 Å². The number of nitrogens with one attached hydrogen (secondary N) is 4. The van der Waals surface area contributed by atoms with Crippen molar-refractivity contribution in [1.82, 2.24) is 10.6 Å². The zero-order chi connectivity index (χ0) is 18.7. The van der Waals surface area contributed by atoms with E-state index in [4.69, 9.17) is 0 Å². The number of hydrogen-bond donors (Lipinski definition) is 3. The highest BCUT2D eigenvalue weighted by Gasteiger charge is 2.33. The minimum atomic E-state index is -4.36. The fraction of sp³-hybridized carbons (Fsp3) is 0.562. The van der Waals surface area contributed by atoms with Crippen LogP contribution in [0.25, 0.3) is 0 Å². The first kappa shape index (κ1) is 18.4. The van der Waals surface area contributed by atoms with E-state index in [1.54, 1.807) is 0 Å². The third-order valence-electron chi connectivity index (χ3n) is 4.51. The number of amides is 3. The summed E-state index contributed by atoms with van der Waals surface area (Å²) in [4.78, 5) is 29.1. The Bertz CT molecular complexity index is 653. The maximum atomic E-state index is 12.6. The van der Waals surface area contributed by atoms with Crippen molar-refractivity contribution in [2.45, 2.75) is 25.1 Å². The Kier molecular flexibility index (Phi) is 5.30. The molecule has 1 saturated carbocycles. The maximum absolute atomic E-state index is 12.6. The molecule has 10 heteroatoms. The molecule has 3 rings (SSSR count). The summed E-state index contributed by atoms with van der Waals surface area (Å²) in [5, 5.41) is 5.02.